The largest absolute Gasteiger partial charge is 0.335 e. The van der Waals surface area contributed by atoms with Crippen LogP contribution in [0.15, 0.2) is 77.7 Å². The minimum atomic E-state index is -3.27. The van der Waals surface area contributed by atoms with Crippen molar-refractivity contribution in [2.45, 2.75) is 44.6 Å². The Morgan fingerprint density at radius 1 is 0.914 bits per heavy atom. The van der Waals surface area contributed by atoms with Gasteiger partial charge in [0.15, 0.2) is 9.84 Å². The number of anilines is 1. The Kier molecular flexibility index (Phi) is 8.46. The zero-order valence-corrected chi connectivity index (χ0v) is 21.4. The van der Waals surface area contributed by atoms with Gasteiger partial charge in [-0.05, 0) is 66.4 Å². The van der Waals surface area contributed by atoms with Gasteiger partial charge in [0.1, 0.15) is 0 Å². The van der Waals surface area contributed by atoms with Crippen LogP contribution in [0.25, 0.3) is 0 Å². The smallest absolute Gasteiger partial charge is 0.254 e. The summed E-state index contributed by atoms with van der Waals surface area (Å²) in [6.45, 7) is 5.71. The standard InChI is InChI=1S/C28H32N2O4S/c1-5-26(25-10-8-7-9-20(25)3)30(4)28(32)22-13-15-23(16-14-22)29-27(31)19-21-11-17-24(18-12-21)35(33,34)6-2/h7-18,26H,5-6,19H2,1-4H3,(H,29,31)/t26-/m1/s1. The van der Waals surface area contributed by atoms with Crippen molar-refractivity contribution in [1.29, 1.82) is 0 Å². The van der Waals surface area contributed by atoms with E-state index in [2.05, 4.69) is 31.3 Å². The van der Waals surface area contributed by atoms with Gasteiger partial charge < -0.3 is 10.2 Å². The van der Waals surface area contributed by atoms with Crippen LogP contribution in [0.2, 0.25) is 0 Å². The van der Waals surface area contributed by atoms with Crippen molar-refractivity contribution in [3.63, 3.8) is 0 Å². The molecule has 3 aromatic carbocycles. The van der Waals surface area contributed by atoms with E-state index in [0.29, 0.717) is 16.8 Å². The third kappa shape index (κ3) is 6.36. The number of carbonyl (C=O) groups excluding carboxylic acids is 2. The number of sulfone groups is 1. The summed E-state index contributed by atoms with van der Waals surface area (Å²) in [4.78, 5) is 27.6. The number of nitrogens with zero attached hydrogens (tertiary/aromatic N) is 1. The van der Waals surface area contributed by atoms with Gasteiger partial charge in [-0.15, -0.1) is 0 Å². The highest BCUT2D eigenvalue weighted by Crippen LogP contribution is 2.27. The molecule has 0 saturated carbocycles. The van der Waals surface area contributed by atoms with Crippen LogP contribution in [-0.4, -0.2) is 37.9 Å². The van der Waals surface area contributed by atoms with E-state index in [4.69, 9.17) is 0 Å². The molecule has 0 fully saturated rings. The number of hydrogen-bond acceptors (Lipinski definition) is 4. The molecule has 6 nitrogen and oxygen atoms in total. The van der Waals surface area contributed by atoms with Crippen LogP contribution in [0, 0.1) is 6.92 Å². The fourth-order valence-corrected chi connectivity index (χ4v) is 4.96. The third-order valence-corrected chi connectivity index (χ3v) is 7.92. The van der Waals surface area contributed by atoms with Crippen molar-refractivity contribution in [1.82, 2.24) is 4.90 Å². The molecule has 1 atom stereocenters. The van der Waals surface area contributed by atoms with E-state index in [0.717, 1.165) is 17.5 Å². The SMILES string of the molecule is CC[C@H](c1ccccc1C)N(C)C(=O)c1ccc(NC(=O)Cc2ccc(S(=O)(=O)CC)cc2)cc1. The quantitative estimate of drug-likeness (QED) is 0.445. The second-order valence-electron chi connectivity index (χ2n) is 8.55. The molecule has 0 aliphatic carbocycles. The molecule has 184 valence electrons. The van der Waals surface area contributed by atoms with Gasteiger partial charge in [0, 0.05) is 18.3 Å². The monoisotopic (exact) mass is 492 g/mol. The third-order valence-electron chi connectivity index (χ3n) is 6.16. The molecule has 3 aromatic rings. The maximum Gasteiger partial charge on any atom is 0.254 e. The molecule has 0 aliphatic rings. The molecular formula is C28H32N2O4S. The molecule has 3 rings (SSSR count). The van der Waals surface area contributed by atoms with Gasteiger partial charge in [-0.25, -0.2) is 8.42 Å². The molecule has 0 heterocycles. The maximum atomic E-state index is 13.1. The molecule has 7 heteroatoms. The van der Waals surface area contributed by atoms with E-state index in [1.165, 1.54) is 12.1 Å². The fraction of sp³-hybridized carbons (Fsp3) is 0.286. The Labute approximate surface area is 207 Å². The summed E-state index contributed by atoms with van der Waals surface area (Å²) >= 11 is 0. The zero-order chi connectivity index (χ0) is 25.6. The van der Waals surface area contributed by atoms with Crippen LogP contribution in [0.4, 0.5) is 5.69 Å². The predicted molar refractivity (Wildman–Crippen MR) is 139 cm³/mol. The number of hydrogen-bond donors (Lipinski definition) is 1. The van der Waals surface area contributed by atoms with Crippen LogP contribution in [-0.2, 0) is 21.1 Å². The summed E-state index contributed by atoms with van der Waals surface area (Å²) in [5, 5.41) is 2.83. The minimum absolute atomic E-state index is 0.0261. The first-order valence-corrected chi connectivity index (χ1v) is 13.4. The van der Waals surface area contributed by atoms with Crippen molar-refractivity contribution < 1.29 is 18.0 Å². The van der Waals surface area contributed by atoms with Gasteiger partial charge >= 0.3 is 0 Å². The normalized spacial score (nSPS) is 12.1. The van der Waals surface area contributed by atoms with Crippen molar-refractivity contribution in [3.05, 3.63) is 95.1 Å². The molecule has 0 saturated heterocycles. The molecule has 0 radical (unpaired) electrons. The van der Waals surface area contributed by atoms with Crippen molar-refractivity contribution in [3.8, 4) is 0 Å². The number of carbonyl (C=O) groups is 2. The number of nitrogens with one attached hydrogen (secondary N) is 1. The Morgan fingerprint density at radius 2 is 1.54 bits per heavy atom. The van der Waals surface area contributed by atoms with E-state index in [1.807, 2.05) is 19.2 Å². The first-order chi connectivity index (χ1) is 16.7. The lowest BCUT2D eigenvalue weighted by Gasteiger charge is -2.29. The molecule has 0 unspecified atom stereocenters. The minimum Gasteiger partial charge on any atom is -0.335 e. The molecule has 35 heavy (non-hydrogen) atoms. The molecular weight excluding hydrogens is 460 g/mol. The molecule has 1 N–H and O–H groups in total. The maximum absolute atomic E-state index is 13.1. The molecule has 2 amide bonds. The molecule has 0 spiro atoms. The highest BCUT2D eigenvalue weighted by atomic mass is 32.2. The zero-order valence-electron chi connectivity index (χ0n) is 20.6. The van der Waals surface area contributed by atoms with Crippen LogP contribution >= 0.6 is 0 Å². The average Bonchev–Trinajstić information content (AvgIpc) is 2.85. The Hall–Kier alpha value is -3.45. The topological polar surface area (TPSA) is 83.6 Å². The lowest BCUT2D eigenvalue weighted by molar-refractivity contribution is -0.115. The summed E-state index contributed by atoms with van der Waals surface area (Å²) in [5.41, 5.74) is 4.14. The summed E-state index contributed by atoms with van der Waals surface area (Å²) in [6, 6.07) is 21.3. The first kappa shape index (κ1) is 26.2. The lowest BCUT2D eigenvalue weighted by Crippen LogP contribution is -2.31. The van der Waals surface area contributed by atoms with Crippen LogP contribution in [0.1, 0.15) is 53.4 Å². The molecule has 0 bridgehead atoms. The molecule has 0 aliphatic heterocycles. The lowest BCUT2D eigenvalue weighted by atomic mass is 9.97. The number of amides is 2. The van der Waals surface area contributed by atoms with Gasteiger partial charge in [-0.1, -0.05) is 50.2 Å². The highest BCUT2D eigenvalue weighted by Gasteiger charge is 2.22. The highest BCUT2D eigenvalue weighted by molar-refractivity contribution is 7.91. The Balaban J connectivity index is 1.63. The average molecular weight is 493 g/mol. The van der Waals surface area contributed by atoms with E-state index >= 15 is 0 Å². The Bertz CT molecular complexity index is 1280. The van der Waals surface area contributed by atoms with Crippen LogP contribution < -0.4 is 5.32 Å². The van der Waals surface area contributed by atoms with Crippen LogP contribution in [0.3, 0.4) is 0 Å². The van der Waals surface area contributed by atoms with Gasteiger partial charge in [0.2, 0.25) is 5.91 Å². The predicted octanol–water partition coefficient (Wildman–Crippen LogP) is 5.19. The van der Waals surface area contributed by atoms with E-state index in [9.17, 15) is 18.0 Å². The summed E-state index contributed by atoms with van der Waals surface area (Å²) in [5.74, 6) is -0.274. The fourth-order valence-electron chi connectivity index (χ4n) is 4.08. The number of benzene rings is 3. The van der Waals surface area contributed by atoms with E-state index in [1.54, 1.807) is 48.2 Å². The first-order valence-electron chi connectivity index (χ1n) is 11.7. The van der Waals surface area contributed by atoms with Crippen molar-refractivity contribution >= 4 is 27.3 Å². The number of rotatable bonds is 9. The van der Waals surface area contributed by atoms with E-state index in [-0.39, 0.29) is 34.9 Å². The second kappa shape index (κ2) is 11.3. The molecule has 0 aromatic heterocycles. The van der Waals surface area contributed by atoms with Crippen LogP contribution in [0.5, 0.6) is 0 Å². The summed E-state index contributed by atoms with van der Waals surface area (Å²) in [6.07, 6.45) is 0.914. The Morgan fingerprint density at radius 3 is 2.11 bits per heavy atom. The van der Waals surface area contributed by atoms with Crippen molar-refractivity contribution in [2.24, 2.45) is 0 Å². The summed E-state index contributed by atoms with van der Waals surface area (Å²) < 4.78 is 23.9. The van der Waals surface area contributed by atoms with Gasteiger partial charge in [-0.3, -0.25) is 9.59 Å². The van der Waals surface area contributed by atoms with Gasteiger partial charge in [0.25, 0.3) is 5.91 Å². The van der Waals surface area contributed by atoms with E-state index < -0.39 is 9.84 Å². The summed E-state index contributed by atoms with van der Waals surface area (Å²) in [7, 11) is -1.45. The van der Waals surface area contributed by atoms with Gasteiger partial charge in [0.05, 0.1) is 23.1 Å². The second-order valence-corrected chi connectivity index (χ2v) is 10.8. The van der Waals surface area contributed by atoms with Gasteiger partial charge in [-0.2, -0.15) is 0 Å². The van der Waals surface area contributed by atoms with Crippen molar-refractivity contribution in [2.75, 3.05) is 18.1 Å². The number of aryl methyl sites for hydroxylation is 1.